The number of rotatable bonds is 3. The van der Waals surface area contributed by atoms with Crippen LogP contribution < -0.4 is 5.32 Å². The molecule has 1 aliphatic rings. The molecule has 1 saturated heterocycles. The minimum absolute atomic E-state index is 0.0431. The van der Waals surface area contributed by atoms with Gasteiger partial charge in [0.15, 0.2) is 0 Å². The summed E-state index contributed by atoms with van der Waals surface area (Å²) in [5.41, 5.74) is 1.68. The molecule has 114 valence electrons. The van der Waals surface area contributed by atoms with Crippen molar-refractivity contribution in [2.24, 2.45) is 0 Å². The monoisotopic (exact) mass is 300 g/mol. The summed E-state index contributed by atoms with van der Waals surface area (Å²) < 4.78 is 4.61. The van der Waals surface area contributed by atoms with Crippen molar-refractivity contribution in [3.8, 4) is 0 Å². The van der Waals surface area contributed by atoms with Crippen molar-refractivity contribution in [2.75, 3.05) is 0 Å². The number of imide groups is 1. The normalized spacial score (nSPS) is 21.3. The number of nitrogens with one attached hydrogen (secondary N) is 1. The molecule has 1 unspecified atom stereocenters. The highest BCUT2D eigenvalue weighted by molar-refractivity contribution is 6.07. The first-order valence-electron chi connectivity index (χ1n) is 6.91. The van der Waals surface area contributed by atoms with Gasteiger partial charge in [0.25, 0.3) is 5.91 Å². The number of carbonyl (C=O) groups excluding carboxylic acids is 2. The third-order valence-corrected chi connectivity index (χ3v) is 4.01. The Kier molecular flexibility index (Phi) is 3.20. The first-order chi connectivity index (χ1) is 10.4. The Bertz CT molecular complexity index is 755. The Labute approximate surface area is 127 Å². The first-order valence-corrected chi connectivity index (χ1v) is 6.91. The Morgan fingerprint density at radius 1 is 1.23 bits per heavy atom. The third kappa shape index (κ3) is 2.05. The molecule has 0 bridgehead atoms. The van der Waals surface area contributed by atoms with E-state index in [1.54, 1.807) is 13.8 Å². The second-order valence-electron chi connectivity index (χ2n) is 5.56. The SMILES string of the molecule is Cc1ccccc1C1(C)NC(=O)N(Cc2nonc2C)C1=O. The standard InChI is InChI=1S/C15H16N4O3/c1-9-6-4-5-7-11(9)15(3)13(20)19(14(21)16-15)8-12-10(2)17-22-18-12/h4-7H,8H2,1-3H3,(H,16,21). The van der Waals surface area contributed by atoms with Gasteiger partial charge in [-0.25, -0.2) is 9.42 Å². The van der Waals surface area contributed by atoms with E-state index < -0.39 is 11.6 Å². The topological polar surface area (TPSA) is 88.3 Å². The molecule has 0 radical (unpaired) electrons. The molecule has 1 aliphatic heterocycles. The van der Waals surface area contributed by atoms with Crippen LogP contribution in [0.25, 0.3) is 0 Å². The summed E-state index contributed by atoms with van der Waals surface area (Å²) in [7, 11) is 0. The van der Waals surface area contributed by atoms with E-state index in [0.29, 0.717) is 11.4 Å². The average Bonchev–Trinajstić information content (AvgIpc) is 2.97. The molecule has 3 amide bonds. The third-order valence-electron chi connectivity index (χ3n) is 4.01. The van der Waals surface area contributed by atoms with E-state index in [2.05, 4.69) is 20.3 Å². The van der Waals surface area contributed by atoms with Crippen molar-refractivity contribution < 1.29 is 14.2 Å². The maximum atomic E-state index is 12.8. The zero-order valence-electron chi connectivity index (χ0n) is 12.6. The lowest BCUT2D eigenvalue weighted by Crippen LogP contribution is -2.41. The van der Waals surface area contributed by atoms with Crippen molar-refractivity contribution in [3.05, 3.63) is 46.8 Å². The van der Waals surface area contributed by atoms with Crippen LogP contribution in [0.5, 0.6) is 0 Å². The zero-order chi connectivity index (χ0) is 15.9. The van der Waals surface area contributed by atoms with Crippen molar-refractivity contribution in [1.29, 1.82) is 0 Å². The molecule has 0 spiro atoms. The van der Waals surface area contributed by atoms with Crippen LogP contribution in [0.3, 0.4) is 0 Å². The fourth-order valence-electron chi connectivity index (χ4n) is 2.70. The lowest BCUT2D eigenvalue weighted by molar-refractivity contribution is -0.131. The predicted molar refractivity (Wildman–Crippen MR) is 76.6 cm³/mol. The smallest absolute Gasteiger partial charge is 0.319 e. The van der Waals surface area contributed by atoms with Crippen molar-refractivity contribution in [2.45, 2.75) is 32.9 Å². The Morgan fingerprint density at radius 2 is 1.95 bits per heavy atom. The number of carbonyl (C=O) groups is 2. The number of urea groups is 1. The highest BCUT2D eigenvalue weighted by Gasteiger charge is 2.49. The van der Waals surface area contributed by atoms with Gasteiger partial charge in [-0.2, -0.15) is 0 Å². The average molecular weight is 300 g/mol. The second-order valence-corrected chi connectivity index (χ2v) is 5.56. The summed E-state index contributed by atoms with van der Waals surface area (Å²) in [6.07, 6.45) is 0. The van der Waals surface area contributed by atoms with Crippen LogP contribution in [0.2, 0.25) is 0 Å². The van der Waals surface area contributed by atoms with Gasteiger partial charge in [0.2, 0.25) is 0 Å². The Hall–Kier alpha value is -2.70. The van der Waals surface area contributed by atoms with Crippen LogP contribution in [-0.4, -0.2) is 27.2 Å². The van der Waals surface area contributed by atoms with Gasteiger partial charge in [-0.05, 0) is 31.9 Å². The van der Waals surface area contributed by atoms with E-state index in [-0.39, 0.29) is 12.5 Å². The molecule has 1 atom stereocenters. The summed E-state index contributed by atoms with van der Waals surface area (Å²) in [5, 5.41) is 10.2. The molecule has 3 rings (SSSR count). The molecule has 1 N–H and O–H groups in total. The van der Waals surface area contributed by atoms with Crippen LogP contribution in [0.4, 0.5) is 4.79 Å². The maximum absolute atomic E-state index is 12.8. The maximum Gasteiger partial charge on any atom is 0.325 e. The van der Waals surface area contributed by atoms with E-state index in [0.717, 1.165) is 16.0 Å². The molecule has 22 heavy (non-hydrogen) atoms. The molecule has 7 nitrogen and oxygen atoms in total. The molecule has 2 aromatic rings. The Morgan fingerprint density at radius 3 is 2.59 bits per heavy atom. The van der Waals surface area contributed by atoms with Crippen LogP contribution in [0, 0.1) is 13.8 Å². The van der Waals surface area contributed by atoms with Gasteiger partial charge in [0.1, 0.15) is 16.9 Å². The molecule has 1 fully saturated rings. The highest BCUT2D eigenvalue weighted by Crippen LogP contribution is 2.31. The lowest BCUT2D eigenvalue weighted by atomic mass is 9.88. The van der Waals surface area contributed by atoms with E-state index in [4.69, 9.17) is 0 Å². The number of nitrogens with zero attached hydrogens (tertiary/aromatic N) is 3. The van der Waals surface area contributed by atoms with Crippen molar-refractivity contribution >= 4 is 11.9 Å². The molecule has 1 aromatic carbocycles. The fraction of sp³-hybridized carbons (Fsp3) is 0.333. The molecular weight excluding hydrogens is 284 g/mol. The number of amides is 3. The summed E-state index contributed by atoms with van der Waals surface area (Å²) >= 11 is 0. The molecule has 1 aromatic heterocycles. The van der Waals surface area contributed by atoms with Gasteiger partial charge in [-0.1, -0.05) is 34.6 Å². The summed E-state index contributed by atoms with van der Waals surface area (Å²) in [4.78, 5) is 26.2. The summed E-state index contributed by atoms with van der Waals surface area (Å²) in [6.45, 7) is 5.38. The largest absolute Gasteiger partial charge is 0.325 e. The molecule has 0 aliphatic carbocycles. The number of benzene rings is 1. The molecular formula is C15H16N4O3. The van der Waals surface area contributed by atoms with Gasteiger partial charge in [-0.3, -0.25) is 9.69 Å². The van der Waals surface area contributed by atoms with E-state index in [1.807, 2.05) is 31.2 Å². The Balaban J connectivity index is 1.94. The fourth-order valence-corrected chi connectivity index (χ4v) is 2.70. The molecule has 2 heterocycles. The van der Waals surface area contributed by atoms with Crippen LogP contribution in [-0.2, 0) is 16.9 Å². The van der Waals surface area contributed by atoms with Crippen molar-refractivity contribution in [3.63, 3.8) is 0 Å². The van der Waals surface area contributed by atoms with Gasteiger partial charge >= 0.3 is 6.03 Å². The summed E-state index contributed by atoms with van der Waals surface area (Å²) in [6, 6.07) is 7.06. The highest BCUT2D eigenvalue weighted by atomic mass is 16.6. The second kappa shape index (κ2) is 4.94. The quantitative estimate of drug-likeness (QED) is 0.871. The van der Waals surface area contributed by atoms with Crippen molar-refractivity contribution in [1.82, 2.24) is 20.5 Å². The van der Waals surface area contributed by atoms with E-state index in [9.17, 15) is 9.59 Å². The van der Waals surface area contributed by atoms with Gasteiger partial charge in [-0.15, -0.1) is 0 Å². The predicted octanol–water partition coefficient (Wildman–Crippen LogP) is 1.65. The molecule has 0 saturated carbocycles. The van der Waals surface area contributed by atoms with E-state index in [1.165, 1.54) is 0 Å². The van der Waals surface area contributed by atoms with Gasteiger partial charge in [0.05, 0.1) is 6.54 Å². The van der Waals surface area contributed by atoms with Crippen LogP contribution >= 0.6 is 0 Å². The minimum atomic E-state index is -1.08. The zero-order valence-corrected chi connectivity index (χ0v) is 12.6. The first kappa shape index (κ1) is 14.2. The molecule has 7 heteroatoms. The number of aryl methyl sites for hydroxylation is 2. The summed E-state index contributed by atoms with van der Waals surface area (Å²) in [5.74, 6) is -0.311. The number of aromatic nitrogens is 2. The van der Waals surface area contributed by atoms with Gasteiger partial charge in [0, 0.05) is 0 Å². The number of hydrogen-bond donors (Lipinski definition) is 1. The van der Waals surface area contributed by atoms with E-state index >= 15 is 0 Å². The minimum Gasteiger partial charge on any atom is -0.319 e. The number of hydrogen-bond acceptors (Lipinski definition) is 5. The van der Waals surface area contributed by atoms with Crippen LogP contribution in [0.15, 0.2) is 28.9 Å². The van der Waals surface area contributed by atoms with Gasteiger partial charge < -0.3 is 5.32 Å². The lowest BCUT2D eigenvalue weighted by Gasteiger charge is -2.24. The van der Waals surface area contributed by atoms with Crippen LogP contribution in [0.1, 0.15) is 29.4 Å².